The number of carbonyl (C=O) groups is 1. The summed E-state index contributed by atoms with van der Waals surface area (Å²) in [5, 5.41) is 2.74. The van der Waals surface area contributed by atoms with Gasteiger partial charge in [0.2, 0.25) is 0 Å². The Hall–Kier alpha value is -1.38. The van der Waals surface area contributed by atoms with Crippen LogP contribution in [0.15, 0.2) is 18.2 Å². The van der Waals surface area contributed by atoms with Crippen molar-refractivity contribution in [3.8, 4) is 0 Å². The Labute approximate surface area is 102 Å². The standard InChI is InChI=1S/C14H20FNO/c1-10(2)5-4-8-16-14(17)12-7-6-11(3)9-13(12)15/h6-7,9-10H,4-5,8H2,1-3H3,(H,16,17). The largest absolute Gasteiger partial charge is 0.352 e. The third kappa shape index (κ3) is 4.55. The summed E-state index contributed by atoms with van der Waals surface area (Å²) in [6.45, 7) is 6.68. The van der Waals surface area contributed by atoms with Crippen LogP contribution in [0.5, 0.6) is 0 Å². The first-order valence-corrected chi connectivity index (χ1v) is 6.05. The second-order valence-electron chi connectivity index (χ2n) is 4.78. The minimum Gasteiger partial charge on any atom is -0.352 e. The fourth-order valence-corrected chi connectivity index (χ4v) is 1.61. The van der Waals surface area contributed by atoms with Crippen molar-refractivity contribution in [1.29, 1.82) is 0 Å². The van der Waals surface area contributed by atoms with Crippen molar-refractivity contribution in [1.82, 2.24) is 5.32 Å². The highest BCUT2D eigenvalue weighted by Crippen LogP contribution is 2.09. The second kappa shape index (κ2) is 6.38. The van der Waals surface area contributed by atoms with Crippen molar-refractivity contribution in [2.24, 2.45) is 5.92 Å². The predicted octanol–water partition coefficient (Wildman–Crippen LogP) is 3.30. The summed E-state index contributed by atoms with van der Waals surface area (Å²) in [6.07, 6.45) is 1.99. The van der Waals surface area contributed by atoms with E-state index in [-0.39, 0.29) is 11.5 Å². The van der Waals surface area contributed by atoms with E-state index in [0.717, 1.165) is 18.4 Å². The molecule has 0 saturated heterocycles. The molecule has 0 unspecified atom stereocenters. The molecule has 1 rings (SSSR count). The van der Waals surface area contributed by atoms with Gasteiger partial charge in [0.05, 0.1) is 5.56 Å². The lowest BCUT2D eigenvalue weighted by atomic mass is 10.1. The lowest BCUT2D eigenvalue weighted by Gasteiger charge is -2.07. The van der Waals surface area contributed by atoms with Crippen LogP contribution in [0.3, 0.4) is 0 Å². The molecule has 0 heterocycles. The fraction of sp³-hybridized carbons (Fsp3) is 0.500. The summed E-state index contributed by atoms with van der Waals surface area (Å²) in [5.41, 5.74) is 0.944. The van der Waals surface area contributed by atoms with Gasteiger partial charge in [0, 0.05) is 6.54 Å². The highest BCUT2D eigenvalue weighted by atomic mass is 19.1. The molecule has 1 aromatic rings. The maximum absolute atomic E-state index is 13.5. The van der Waals surface area contributed by atoms with Crippen molar-refractivity contribution >= 4 is 5.91 Å². The van der Waals surface area contributed by atoms with Crippen LogP contribution in [0.4, 0.5) is 4.39 Å². The first-order valence-electron chi connectivity index (χ1n) is 6.05. The lowest BCUT2D eigenvalue weighted by molar-refractivity contribution is 0.0948. The molecule has 0 radical (unpaired) electrons. The molecule has 0 bridgehead atoms. The average molecular weight is 237 g/mol. The van der Waals surface area contributed by atoms with Crippen LogP contribution < -0.4 is 5.32 Å². The van der Waals surface area contributed by atoms with Crippen molar-refractivity contribution in [3.63, 3.8) is 0 Å². The number of hydrogen-bond acceptors (Lipinski definition) is 1. The first kappa shape index (κ1) is 13.7. The average Bonchev–Trinajstić information content (AvgIpc) is 2.23. The lowest BCUT2D eigenvalue weighted by Crippen LogP contribution is -2.25. The zero-order chi connectivity index (χ0) is 12.8. The van der Waals surface area contributed by atoms with E-state index in [9.17, 15) is 9.18 Å². The fourth-order valence-electron chi connectivity index (χ4n) is 1.61. The third-order valence-corrected chi connectivity index (χ3v) is 2.61. The molecule has 0 aromatic heterocycles. The van der Waals surface area contributed by atoms with Crippen LogP contribution in [0.2, 0.25) is 0 Å². The number of halogens is 1. The summed E-state index contributed by atoms with van der Waals surface area (Å²) >= 11 is 0. The molecule has 1 N–H and O–H groups in total. The van der Waals surface area contributed by atoms with E-state index >= 15 is 0 Å². The molecule has 0 fully saturated rings. The van der Waals surface area contributed by atoms with Gasteiger partial charge < -0.3 is 5.32 Å². The van der Waals surface area contributed by atoms with Crippen molar-refractivity contribution in [2.45, 2.75) is 33.6 Å². The summed E-state index contributed by atoms with van der Waals surface area (Å²) in [6, 6.07) is 4.65. The Morgan fingerprint density at radius 1 is 1.41 bits per heavy atom. The van der Waals surface area contributed by atoms with Gasteiger partial charge in [0.1, 0.15) is 5.82 Å². The van der Waals surface area contributed by atoms with Gasteiger partial charge in [-0.2, -0.15) is 0 Å². The highest BCUT2D eigenvalue weighted by Gasteiger charge is 2.10. The molecule has 0 saturated carbocycles. The predicted molar refractivity (Wildman–Crippen MR) is 67.5 cm³/mol. The number of nitrogens with one attached hydrogen (secondary N) is 1. The summed E-state index contributed by atoms with van der Waals surface area (Å²) < 4.78 is 13.5. The van der Waals surface area contributed by atoms with Gasteiger partial charge in [-0.3, -0.25) is 4.79 Å². The van der Waals surface area contributed by atoms with Crippen LogP contribution in [0, 0.1) is 18.7 Å². The quantitative estimate of drug-likeness (QED) is 0.782. The maximum Gasteiger partial charge on any atom is 0.254 e. The van der Waals surface area contributed by atoms with E-state index in [1.54, 1.807) is 13.0 Å². The van der Waals surface area contributed by atoms with E-state index in [4.69, 9.17) is 0 Å². The molecule has 1 amide bonds. The summed E-state index contributed by atoms with van der Waals surface area (Å²) in [5.74, 6) is -0.152. The monoisotopic (exact) mass is 237 g/mol. The van der Waals surface area contributed by atoms with E-state index in [0.29, 0.717) is 12.5 Å². The van der Waals surface area contributed by atoms with Crippen LogP contribution in [-0.2, 0) is 0 Å². The summed E-state index contributed by atoms with van der Waals surface area (Å²) in [7, 11) is 0. The van der Waals surface area contributed by atoms with Crippen molar-refractivity contribution in [3.05, 3.63) is 35.1 Å². The van der Waals surface area contributed by atoms with Gasteiger partial charge in [-0.1, -0.05) is 19.9 Å². The zero-order valence-corrected chi connectivity index (χ0v) is 10.7. The Morgan fingerprint density at radius 3 is 2.71 bits per heavy atom. The Balaban J connectivity index is 2.47. The van der Waals surface area contributed by atoms with Crippen molar-refractivity contribution in [2.75, 3.05) is 6.54 Å². The normalized spacial score (nSPS) is 10.6. The molecular weight excluding hydrogens is 217 g/mol. The summed E-state index contributed by atoms with van der Waals surface area (Å²) in [4.78, 5) is 11.7. The maximum atomic E-state index is 13.5. The number of carbonyl (C=O) groups excluding carboxylic acids is 1. The number of hydrogen-bond donors (Lipinski definition) is 1. The number of amides is 1. The molecule has 2 nitrogen and oxygen atoms in total. The topological polar surface area (TPSA) is 29.1 Å². The highest BCUT2D eigenvalue weighted by molar-refractivity contribution is 5.94. The van der Waals surface area contributed by atoms with E-state index < -0.39 is 5.82 Å². The smallest absolute Gasteiger partial charge is 0.254 e. The van der Waals surface area contributed by atoms with E-state index in [2.05, 4.69) is 19.2 Å². The molecule has 0 aliphatic carbocycles. The minimum absolute atomic E-state index is 0.125. The molecule has 3 heteroatoms. The van der Waals surface area contributed by atoms with Gasteiger partial charge >= 0.3 is 0 Å². The molecule has 17 heavy (non-hydrogen) atoms. The molecule has 1 aromatic carbocycles. The van der Waals surface area contributed by atoms with Gasteiger partial charge in [-0.05, 0) is 43.4 Å². The van der Waals surface area contributed by atoms with Gasteiger partial charge in [-0.25, -0.2) is 4.39 Å². The van der Waals surface area contributed by atoms with Gasteiger partial charge in [0.25, 0.3) is 5.91 Å². The first-order chi connectivity index (χ1) is 8.00. The van der Waals surface area contributed by atoms with Gasteiger partial charge in [0.15, 0.2) is 0 Å². The molecule has 0 spiro atoms. The van der Waals surface area contributed by atoms with Crippen LogP contribution in [0.1, 0.15) is 42.6 Å². The van der Waals surface area contributed by atoms with Crippen LogP contribution in [-0.4, -0.2) is 12.5 Å². The Bertz CT molecular complexity index is 388. The third-order valence-electron chi connectivity index (χ3n) is 2.61. The molecule has 0 aliphatic heterocycles. The van der Waals surface area contributed by atoms with E-state index in [1.165, 1.54) is 12.1 Å². The second-order valence-corrected chi connectivity index (χ2v) is 4.78. The number of rotatable bonds is 5. The Kier molecular flexibility index (Phi) is 5.13. The zero-order valence-electron chi connectivity index (χ0n) is 10.7. The van der Waals surface area contributed by atoms with Crippen LogP contribution >= 0.6 is 0 Å². The Morgan fingerprint density at radius 2 is 2.12 bits per heavy atom. The molecule has 0 atom stereocenters. The minimum atomic E-state index is -0.452. The van der Waals surface area contributed by atoms with Crippen molar-refractivity contribution < 1.29 is 9.18 Å². The number of benzene rings is 1. The molecular formula is C14H20FNO. The number of aryl methyl sites for hydroxylation is 1. The molecule has 94 valence electrons. The van der Waals surface area contributed by atoms with E-state index in [1.807, 2.05) is 0 Å². The molecule has 0 aliphatic rings. The SMILES string of the molecule is Cc1ccc(C(=O)NCCCC(C)C)c(F)c1. The van der Waals surface area contributed by atoms with Gasteiger partial charge in [-0.15, -0.1) is 0 Å². The van der Waals surface area contributed by atoms with Crippen LogP contribution in [0.25, 0.3) is 0 Å².